The third-order valence-electron chi connectivity index (χ3n) is 5.91. The lowest BCUT2D eigenvalue weighted by molar-refractivity contribution is -0.131. The first kappa shape index (κ1) is 18.4. The first-order chi connectivity index (χ1) is 13.3. The Labute approximate surface area is 164 Å². The van der Waals surface area contributed by atoms with Gasteiger partial charge in [-0.15, -0.1) is 0 Å². The number of Topliss-reactive ketones (excluding diaryl/α,β-unsaturated/α-hetero) is 1. The number of imide groups is 1. The van der Waals surface area contributed by atoms with Crippen LogP contribution in [-0.2, 0) is 16.8 Å². The van der Waals surface area contributed by atoms with Crippen molar-refractivity contribution < 1.29 is 14.4 Å². The number of nitrogens with one attached hydrogen (secondary N) is 1. The summed E-state index contributed by atoms with van der Waals surface area (Å²) in [5, 5.41) is 2.91. The maximum Gasteiger partial charge on any atom is 0.325 e. The minimum atomic E-state index is -1.04. The third kappa shape index (κ3) is 2.73. The monoisotopic (exact) mass is 376 g/mol. The van der Waals surface area contributed by atoms with E-state index in [1.54, 1.807) is 0 Å². The molecule has 2 aromatic rings. The molecule has 1 aliphatic heterocycles. The molecule has 5 heteroatoms. The number of benzene rings is 2. The smallest absolute Gasteiger partial charge is 0.319 e. The van der Waals surface area contributed by atoms with Gasteiger partial charge in [0.15, 0.2) is 5.78 Å². The van der Waals surface area contributed by atoms with E-state index >= 15 is 0 Å². The van der Waals surface area contributed by atoms with Crippen LogP contribution in [0.1, 0.15) is 51.0 Å². The van der Waals surface area contributed by atoms with E-state index in [2.05, 4.69) is 5.32 Å². The topological polar surface area (TPSA) is 66.5 Å². The number of aryl methyl sites for hydroxylation is 4. The summed E-state index contributed by atoms with van der Waals surface area (Å²) in [6.07, 6.45) is 2.27. The summed E-state index contributed by atoms with van der Waals surface area (Å²) < 4.78 is 0. The van der Waals surface area contributed by atoms with Crippen molar-refractivity contribution >= 4 is 17.7 Å². The van der Waals surface area contributed by atoms with Crippen LogP contribution in [0.15, 0.2) is 36.4 Å². The molecule has 1 saturated heterocycles. The number of carbonyl (C=O) groups is 3. The Kier molecular flexibility index (Phi) is 4.33. The normalized spacial score (nSPS) is 21.0. The Hall–Kier alpha value is -2.95. The molecule has 4 rings (SSSR count). The molecule has 28 heavy (non-hydrogen) atoms. The minimum Gasteiger partial charge on any atom is -0.319 e. The van der Waals surface area contributed by atoms with E-state index in [4.69, 9.17) is 0 Å². The van der Waals surface area contributed by atoms with Crippen molar-refractivity contribution in [3.05, 3.63) is 69.8 Å². The molecule has 0 saturated carbocycles. The van der Waals surface area contributed by atoms with Gasteiger partial charge in [0.05, 0.1) is 6.54 Å². The number of rotatable bonds is 3. The largest absolute Gasteiger partial charge is 0.325 e. The Morgan fingerprint density at radius 1 is 1.11 bits per heavy atom. The zero-order valence-corrected chi connectivity index (χ0v) is 16.5. The molecule has 2 aliphatic rings. The number of fused-ring (bicyclic) bond motifs is 2. The van der Waals surface area contributed by atoms with Crippen LogP contribution in [0.3, 0.4) is 0 Å². The molecule has 1 heterocycles. The van der Waals surface area contributed by atoms with Gasteiger partial charge in [-0.3, -0.25) is 14.5 Å². The summed E-state index contributed by atoms with van der Waals surface area (Å²) in [5.74, 6) is -0.528. The van der Waals surface area contributed by atoms with Gasteiger partial charge in [-0.2, -0.15) is 0 Å². The lowest BCUT2D eigenvalue weighted by Gasteiger charge is -2.33. The van der Waals surface area contributed by atoms with E-state index in [9.17, 15) is 14.4 Å². The predicted molar refractivity (Wildman–Crippen MR) is 106 cm³/mol. The Morgan fingerprint density at radius 2 is 1.79 bits per heavy atom. The molecule has 144 valence electrons. The number of ketones is 1. The van der Waals surface area contributed by atoms with Gasteiger partial charge in [0, 0.05) is 5.56 Å². The number of urea groups is 1. The van der Waals surface area contributed by atoms with Crippen LogP contribution in [-0.4, -0.2) is 29.2 Å². The average Bonchev–Trinajstić information content (AvgIpc) is 2.86. The standard InChI is InChI=1S/C23H24N2O3/c1-14-11-15(2)20(16(3)12-14)19(26)13-25-21(27)23(24-22(25)28)10-6-8-17-7-4-5-9-18(17)23/h4-5,7,9,11-12H,6,8,10,13H2,1-3H3,(H,24,28). The number of nitrogens with zero attached hydrogens (tertiary/aromatic N) is 1. The Morgan fingerprint density at radius 3 is 2.50 bits per heavy atom. The van der Waals surface area contributed by atoms with Crippen molar-refractivity contribution in [2.24, 2.45) is 0 Å². The summed E-state index contributed by atoms with van der Waals surface area (Å²) in [5.41, 5.74) is 4.32. The van der Waals surface area contributed by atoms with Gasteiger partial charge in [-0.25, -0.2) is 4.79 Å². The minimum absolute atomic E-state index is 0.209. The predicted octanol–water partition coefficient (Wildman–Crippen LogP) is 3.58. The van der Waals surface area contributed by atoms with Crippen molar-refractivity contribution in [3.63, 3.8) is 0 Å². The zero-order valence-electron chi connectivity index (χ0n) is 16.5. The highest BCUT2D eigenvalue weighted by Gasteiger charge is 2.54. The molecule has 5 nitrogen and oxygen atoms in total. The summed E-state index contributed by atoms with van der Waals surface area (Å²) in [4.78, 5) is 40.1. The molecule has 1 N–H and O–H groups in total. The molecule has 3 amide bonds. The van der Waals surface area contributed by atoms with E-state index in [0.29, 0.717) is 12.0 Å². The first-order valence-corrected chi connectivity index (χ1v) is 9.67. The third-order valence-corrected chi connectivity index (χ3v) is 5.91. The maximum absolute atomic E-state index is 13.3. The van der Waals surface area contributed by atoms with E-state index in [-0.39, 0.29) is 18.2 Å². The van der Waals surface area contributed by atoms with Crippen LogP contribution >= 0.6 is 0 Å². The maximum atomic E-state index is 13.3. The van der Waals surface area contributed by atoms with Crippen molar-refractivity contribution in [3.8, 4) is 0 Å². The quantitative estimate of drug-likeness (QED) is 0.658. The zero-order chi connectivity index (χ0) is 20.1. The summed E-state index contributed by atoms with van der Waals surface area (Å²) in [7, 11) is 0. The van der Waals surface area contributed by atoms with E-state index < -0.39 is 11.6 Å². The van der Waals surface area contributed by atoms with Crippen LogP contribution in [0.4, 0.5) is 4.79 Å². The molecule has 1 fully saturated rings. The molecule has 0 bridgehead atoms. The number of carbonyl (C=O) groups excluding carboxylic acids is 3. The first-order valence-electron chi connectivity index (χ1n) is 9.67. The van der Waals surface area contributed by atoms with Crippen molar-refractivity contribution in [2.75, 3.05) is 6.54 Å². The fraction of sp³-hybridized carbons (Fsp3) is 0.348. The summed E-state index contributed by atoms with van der Waals surface area (Å²) >= 11 is 0. The average molecular weight is 376 g/mol. The van der Waals surface area contributed by atoms with Crippen LogP contribution in [0.25, 0.3) is 0 Å². The van der Waals surface area contributed by atoms with E-state index in [1.165, 1.54) is 0 Å². The molecular weight excluding hydrogens is 352 g/mol. The van der Waals surface area contributed by atoms with Gasteiger partial charge in [-0.1, -0.05) is 42.0 Å². The van der Waals surface area contributed by atoms with Crippen LogP contribution in [0.2, 0.25) is 0 Å². The number of hydrogen-bond donors (Lipinski definition) is 1. The van der Waals surface area contributed by atoms with Crippen molar-refractivity contribution in [1.29, 1.82) is 0 Å². The van der Waals surface area contributed by atoms with Gasteiger partial charge >= 0.3 is 6.03 Å². The van der Waals surface area contributed by atoms with Crippen LogP contribution < -0.4 is 5.32 Å². The second kappa shape index (κ2) is 6.59. The lowest BCUT2D eigenvalue weighted by Crippen LogP contribution is -2.46. The molecule has 1 spiro atoms. The van der Waals surface area contributed by atoms with Crippen LogP contribution in [0, 0.1) is 20.8 Å². The SMILES string of the molecule is Cc1cc(C)c(C(=O)CN2C(=O)NC3(CCCc4ccccc43)C2=O)c(C)c1. The molecule has 0 aromatic heterocycles. The molecule has 1 aliphatic carbocycles. The van der Waals surface area contributed by atoms with Crippen molar-refractivity contribution in [2.45, 2.75) is 45.6 Å². The highest BCUT2D eigenvalue weighted by molar-refractivity contribution is 6.12. The number of hydrogen-bond acceptors (Lipinski definition) is 3. The lowest BCUT2D eigenvalue weighted by atomic mass is 9.76. The fourth-order valence-corrected chi connectivity index (χ4v) is 4.80. The van der Waals surface area contributed by atoms with Gasteiger partial charge in [-0.05, 0) is 62.3 Å². The molecular formula is C23H24N2O3. The highest BCUT2D eigenvalue weighted by Crippen LogP contribution is 2.40. The van der Waals surface area contributed by atoms with Gasteiger partial charge in [0.1, 0.15) is 5.54 Å². The second-order valence-electron chi connectivity index (χ2n) is 7.93. The Bertz CT molecular complexity index is 988. The van der Waals surface area contributed by atoms with Gasteiger partial charge < -0.3 is 5.32 Å². The number of amides is 3. The van der Waals surface area contributed by atoms with Crippen LogP contribution in [0.5, 0.6) is 0 Å². The van der Waals surface area contributed by atoms with Gasteiger partial charge in [0.2, 0.25) is 0 Å². The Balaban J connectivity index is 1.66. The second-order valence-corrected chi connectivity index (χ2v) is 7.93. The summed E-state index contributed by atoms with van der Waals surface area (Å²) in [6, 6.07) is 11.2. The molecule has 0 radical (unpaired) electrons. The van der Waals surface area contributed by atoms with Crippen molar-refractivity contribution in [1.82, 2.24) is 10.2 Å². The fourth-order valence-electron chi connectivity index (χ4n) is 4.80. The van der Waals surface area contributed by atoms with E-state index in [0.717, 1.165) is 45.6 Å². The molecule has 2 aromatic carbocycles. The molecule has 1 atom stereocenters. The molecule has 1 unspecified atom stereocenters. The van der Waals surface area contributed by atoms with Gasteiger partial charge in [0.25, 0.3) is 5.91 Å². The summed E-state index contributed by atoms with van der Waals surface area (Å²) in [6.45, 7) is 5.52. The highest BCUT2D eigenvalue weighted by atomic mass is 16.2. The van der Waals surface area contributed by atoms with E-state index in [1.807, 2.05) is 57.2 Å².